The number of benzene rings is 3. The van der Waals surface area contributed by atoms with Crippen molar-refractivity contribution in [1.29, 1.82) is 0 Å². The van der Waals surface area contributed by atoms with Gasteiger partial charge in [0.25, 0.3) is 5.91 Å². The summed E-state index contributed by atoms with van der Waals surface area (Å²) in [5.74, 6) is -10.3. The number of aliphatic hydroxyl groups is 1. The number of imidazole rings is 1. The van der Waals surface area contributed by atoms with Crippen LogP contribution in [0.5, 0.6) is 5.75 Å². The number of carboxylic acids is 2. The van der Waals surface area contributed by atoms with Gasteiger partial charge in [-0.3, -0.25) is 52.7 Å². The lowest BCUT2D eigenvalue weighted by Crippen LogP contribution is -2.60. The molecule has 15 N–H and O–H groups in total. The van der Waals surface area contributed by atoms with Gasteiger partial charge >= 0.3 is 11.9 Å². The first-order chi connectivity index (χ1) is 37.9. The number of carbonyl (C=O) groups excluding carboxylic acids is 9. The van der Waals surface area contributed by atoms with Crippen LogP contribution in [0.3, 0.4) is 0 Å². The summed E-state index contributed by atoms with van der Waals surface area (Å²) in [7, 11) is 0. The predicted octanol–water partition coefficient (Wildman–Crippen LogP) is -1.35. The van der Waals surface area contributed by atoms with E-state index in [2.05, 4.69) is 52.5 Å². The number of aliphatic hydroxyl groups excluding tert-OH is 1. The van der Waals surface area contributed by atoms with Gasteiger partial charge in [-0.25, -0.2) is 9.78 Å². The maximum absolute atomic E-state index is 13.5. The van der Waals surface area contributed by atoms with Crippen LogP contribution in [0.2, 0.25) is 0 Å². The number of nitrogens with one attached hydrogen (secondary N) is 9. The Morgan fingerprint density at radius 3 is 1.89 bits per heavy atom. The first-order valence-electron chi connectivity index (χ1n) is 24.9. The minimum atomic E-state index is -1.69. The van der Waals surface area contributed by atoms with Gasteiger partial charge in [-0.2, -0.15) is 0 Å². The third-order valence-electron chi connectivity index (χ3n) is 12.3. The lowest BCUT2D eigenvalue weighted by Gasteiger charge is -2.25. The molecule has 7 atom stereocenters. The minimum absolute atomic E-state index is 0.0546. The number of primary amides is 1. The predicted molar refractivity (Wildman–Crippen MR) is 281 cm³/mol. The molecule has 3 aromatic rings. The van der Waals surface area contributed by atoms with Gasteiger partial charge in [0, 0.05) is 66.7 Å². The minimum Gasteiger partial charge on any atom is -0.508 e. The van der Waals surface area contributed by atoms with Gasteiger partial charge in [-0.1, -0.05) is 0 Å². The molecule has 426 valence electrons. The van der Waals surface area contributed by atoms with Crippen LogP contribution in [0.4, 0.5) is 0 Å². The number of carbonyl (C=O) groups is 11. The normalized spacial score (nSPS) is 13.7. The molecule has 1 aromatic heterocycles. The molecule has 0 fully saturated rings. The van der Waals surface area contributed by atoms with Crippen molar-refractivity contribution >= 4 is 76.1 Å². The molecule has 0 radical (unpaired) electrons. The van der Waals surface area contributed by atoms with E-state index in [0.29, 0.717) is 22.9 Å². The van der Waals surface area contributed by atoms with E-state index in [0.717, 1.165) is 0 Å². The third kappa shape index (κ3) is 16.9. The zero-order chi connectivity index (χ0) is 59.0. The number of aromatic amines is 1. The molecule has 2 heterocycles. The molecular weight excluding hydrogens is 1050 g/mol. The largest absolute Gasteiger partial charge is 0.508 e. The van der Waals surface area contributed by atoms with Crippen molar-refractivity contribution in [1.82, 2.24) is 52.5 Å². The number of carboxylic acid groups (broad SMARTS) is 2. The number of fused-ring (bicyclic) bond motifs is 2. The smallest absolute Gasteiger partial charge is 0.336 e. The fourth-order valence-corrected chi connectivity index (χ4v) is 8.12. The van der Waals surface area contributed by atoms with Crippen LogP contribution in [0.1, 0.15) is 86.2 Å². The summed E-state index contributed by atoms with van der Waals surface area (Å²) in [6.07, 6.45) is 2.18. The second kappa shape index (κ2) is 28.1. The summed E-state index contributed by atoms with van der Waals surface area (Å²) >= 11 is 0. The van der Waals surface area contributed by atoms with Gasteiger partial charge in [0.1, 0.15) is 59.4 Å². The van der Waals surface area contributed by atoms with Crippen molar-refractivity contribution in [3.63, 3.8) is 0 Å². The number of aliphatic carboxylic acids is 1. The molecule has 0 saturated carbocycles. The second-order valence-electron chi connectivity index (χ2n) is 18.5. The third-order valence-corrected chi connectivity index (χ3v) is 12.3. The molecular formula is C52H61N11O17. The lowest BCUT2D eigenvalue weighted by molar-refractivity contribution is -0.138. The Balaban J connectivity index is 1.11. The van der Waals surface area contributed by atoms with Gasteiger partial charge < -0.3 is 78.1 Å². The number of hydrogen-bond acceptors (Lipinski definition) is 16. The average molecular weight is 1110 g/mol. The monoisotopic (exact) mass is 1110 g/mol. The first kappa shape index (κ1) is 61.1. The number of aromatic nitrogens is 2. The number of aromatic hydroxyl groups is 1. The Morgan fingerprint density at radius 2 is 1.29 bits per heavy atom. The molecule has 28 nitrogen and oxygen atoms in total. The number of H-pyrrole nitrogens is 1. The zero-order valence-corrected chi connectivity index (χ0v) is 43.7. The van der Waals surface area contributed by atoms with Crippen molar-refractivity contribution in [3.8, 4) is 28.2 Å². The fraction of sp³-hybridized carbons (Fsp3) is 0.365. The number of phenols is 1. The van der Waals surface area contributed by atoms with Crippen LogP contribution in [0.15, 0.2) is 76.3 Å². The maximum Gasteiger partial charge on any atom is 0.336 e. The van der Waals surface area contributed by atoms with E-state index in [1.807, 2.05) is 0 Å². The van der Waals surface area contributed by atoms with Crippen molar-refractivity contribution in [3.05, 3.63) is 94.2 Å². The van der Waals surface area contributed by atoms with E-state index in [4.69, 9.17) is 15.3 Å². The molecule has 1 aliphatic carbocycles. The van der Waals surface area contributed by atoms with E-state index in [-0.39, 0.29) is 77.1 Å². The van der Waals surface area contributed by atoms with Crippen LogP contribution < -0.4 is 53.7 Å². The molecule has 80 heavy (non-hydrogen) atoms. The summed E-state index contributed by atoms with van der Waals surface area (Å²) in [5, 5.41) is 59.2. The quantitative estimate of drug-likeness (QED) is 0.0203. The molecule has 5 rings (SSSR count). The SMILES string of the molecule is CC(=O)N[C@H](CCCCNC(=O)c1ccc(C(=O)O)c(-c2c3ccc(=O)cc-3oc3cc(O)ccc23)c1)C(=O)N[C@H](C)C(=O)N[C@H](C)C(=O)N[C@H](C)C(=O)N[C@H](CO)C(=O)N[C@H](Cc1c[nH]cn1)C(=O)N[C@H](CCC(=O)O)C(N)=O. The summed E-state index contributed by atoms with van der Waals surface area (Å²) in [6, 6.07) is 2.52. The number of hydrogen-bond donors (Lipinski definition) is 14. The highest BCUT2D eigenvalue weighted by Gasteiger charge is 2.32. The Labute approximate surface area is 454 Å². The molecule has 9 amide bonds. The van der Waals surface area contributed by atoms with Crippen LogP contribution in [-0.2, 0) is 49.6 Å². The van der Waals surface area contributed by atoms with Crippen molar-refractivity contribution in [2.45, 2.75) is 109 Å². The number of aromatic carboxylic acids is 1. The molecule has 0 saturated heterocycles. The zero-order valence-electron chi connectivity index (χ0n) is 43.7. The average Bonchev–Trinajstić information content (AvgIpc) is 4.03. The fourth-order valence-electron chi connectivity index (χ4n) is 8.12. The Morgan fingerprint density at radius 1 is 0.675 bits per heavy atom. The van der Waals surface area contributed by atoms with Crippen LogP contribution >= 0.6 is 0 Å². The molecule has 0 bridgehead atoms. The van der Waals surface area contributed by atoms with Crippen molar-refractivity contribution in [2.75, 3.05) is 13.2 Å². The Bertz CT molecular complexity index is 3180. The molecule has 0 spiro atoms. The van der Waals surface area contributed by atoms with Gasteiger partial charge in [0.15, 0.2) is 5.43 Å². The van der Waals surface area contributed by atoms with Gasteiger partial charge in [0.2, 0.25) is 47.3 Å². The highest BCUT2D eigenvalue weighted by Crippen LogP contribution is 2.42. The first-order valence-corrected chi connectivity index (χ1v) is 24.9. The summed E-state index contributed by atoms with van der Waals surface area (Å²) < 4.78 is 5.88. The van der Waals surface area contributed by atoms with Crippen molar-refractivity contribution < 1.29 is 77.6 Å². The van der Waals surface area contributed by atoms with Crippen LogP contribution in [0, 0.1) is 0 Å². The van der Waals surface area contributed by atoms with E-state index in [1.54, 1.807) is 0 Å². The molecule has 2 aliphatic rings. The number of nitrogens with zero attached hydrogens (tertiary/aromatic N) is 1. The maximum atomic E-state index is 13.5. The number of nitrogens with two attached hydrogens (primary N) is 1. The number of phenolic OH excluding ortho intramolecular Hbond substituents is 1. The number of amides is 9. The summed E-state index contributed by atoms with van der Waals surface area (Å²) in [4.78, 5) is 159. The molecule has 2 aromatic carbocycles. The van der Waals surface area contributed by atoms with E-state index in [1.165, 1.54) is 94.8 Å². The van der Waals surface area contributed by atoms with Crippen molar-refractivity contribution in [2.24, 2.45) is 5.73 Å². The van der Waals surface area contributed by atoms with Crippen LogP contribution in [-0.4, -0.2) is 151 Å². The standard InChI is InChI=1S/C52H61N11O17/c1-24(45(71)58-26(3)47(73)63-39(22-64)51(77)62-38(18-29-21-54-23-56-29)50(76)61-36(44(53)70)14-15-42(68)69)57-46(72)25(2)59-49(75)37(60-27(4)65)7-5-6-16-55-48(74)28-8-11-32(52(78)79)35(17-28)43-33-12-9-30(66)19-40(33)80-41-20-31(67)10-13-34(41)43/h8-13,17,19-21,23-26,36-39,64,66H,5-7,14-16,18,22H2,1-4H3,(H2,53,70)(H,54,56)(H,55,74)(H,57,72)(H,58,71)(H,59,75)(H,60,65)(H,61,76)(H,62,77)(H,63,73)(H,68,69)(H,78,79)/t24-,25-,26-,36-,37-,38-,39-/m1/s1. The van der Waals surface area contributed by atoms with E-state index < -0.39 is 120 Å². The highest BCUT2D eigenvalue weighted by molar-refractivity contribution is 6.09. The lowest BCUT2D eigenvalue weighted by atomic mass is 9.89. The Hall–Kier alpha value is -9.73. The molecule has 28 heteroatoms. The van der Waals surface area contributed by atoms with Gasteiger partial charge in [-0.15, -0.1) is 0 Å². The van der Waals surface area contributed by atoms with E-state index in [9.17, 15) is 72.9 Å². The molecule has 0 unspecified atom stereocenters. The Kier molecular flexibility index (Phi) is 21.4. The highest BCUT2D eigenvalue weighted by atomic mass is 16.4. The van der Waals surface area contributed by atoms with Gasteiger partial charge in [-0.05, 0) is 94.5 Å². The van der Waals surface area contributed by atoms with Crippen LogP contribution in [0.25, 0.3) is 33.4 Å². The summed E-state index contributed by atoms with van der Waals surface area (Å²) in [5.41, 5.74) is 6.18. The van der Waals surface area contributed by atoms with E-state index >= 15 is 0 Å². The van der Waals surface area contributed by atoms with Gasteiger partial charge in [0.05, 0.1) is 24.2 Å². The number of unbranched alkanes of at least 4 members (excludes halogenated alkanes) is 1. The second-order valence-corrected chi connectivity index (χ2v) is 18.5. The topological polar surface area (TPSA) is 450 Å². The molecule has 1 aliphatic heterocycles. The number of rotatable bonds is 28. The summed E-state index contributed by atoms with van der Waals surface area (Å²) in [6.45, 7) is 4.09.